The lowest BCUT2D eigenvalue weighted by molar-refractivity contribution is 0.414. The van der Waals surface area contributed by atoms with Crippen LogP contribution in [-0.2, 0) is 6.42 Å². The number of hydrogen-bond donors (Lipinski definition) is 1. The molecule has 0 spiro atoms. The first-order chi connectivity index (χ1) is 6.22. The van der Waals surface area contributed by atoms with Crippen molar-refractivity contribution in [1.29, 1.82) is 0 Å². The van der Waals surface area contributed by atoms with Crippen LogP contribution in [0.4, 0.5) is 0 Å². The molecule has 0 bridgehead atoms. The molecule has 0 saturated carbocycles. The smallest absolute Gasteiger partial charge is 0.120 e. The molecule has 13 heavy (non-hydrogen) atoms. The second kappa shape index (κ2) is 3.31. The summed E-state index contributed by atoms with van der Waals surface area (Å²) in [7, 11) is 1.68. The average Bonchev–Trinajstić information content (AvgIpc) is 2.48. The van der Waals surface area contributed by atoms with E-state index in [0.29, 0.717) is 0 Å². The van der Waals surface area contributed by atoms with Gasteiger partial charge >= 0.3 is 0 Å². The highest BCUT2D eigenvalue weighted by Gasteiger charge is 2.22. The van der Waals surface area contributed by atoms with Gasteiger partial charge in [0.15, 0.2) is 0 Å². The van der Waals surface area contributed by atoms with E-state index < -0.39 is 0 Å². The predicted octanol–water partition coefficient (Wildman–Crippen LogP) is 2.40. The molecule has 2 rings (SSSR count). The first kappa shape index (κ1) is 9.03. The second-order valence-electron chi connectivity index (χ2n) is 3.33. The average molecular weight is 242 g/mol. The van der Waals surface area contributed by atoms with Crippen LogP contribution in [0.3, 0.4) is 0 Å². The van der Waals surface area contributed by atoms with Crippen LogP contribution >= 0.6 is 15.9 Å². The van der Waals surface area contributed by atoms with Crippen molar-refractivity contribution >= 4 is 15.9 Å². The van der Waals surface area contributed by atoms with Gasteiger partial charge in [0.2, 0.25) is 0 Å². The van der Waals surface area contributed by atoms with Gasteiger partial charge in [0.25, 0.3) is 0 Å². The molecule has 1 aromatic carbocycles. The molecule has 0 unspecified atom stereocenters. The Balaban J connectivity index is 2.53. The highest BCUT2D eigenvalue weighted by atomic mass is 79.9. The van der Waals surface area contributed by atoms with E-state index in [9.17, 15) is 0 Å². The molecule has 0 fully saturated rings. The summed E-state index contributed by atoms with van der Waals surface area (Å²) in [6.45, 7) is 0. The number of aryl methyl sites for hydroxylation is 1. The quantitative estimate of drug-likeness (QED) is 0.820. The minimum absolute atomic E-state index is 0.190. The first-order valence-electron chi connectivity index (χ1n) is 4.34. The SMILES string of the molecule is COc1cc(Br)c2c(c1)CC[C@@H]2N. The first-order valence-corrected chi connectivity index (χ1v) is 5.13. The van der Waals surface area contributed by atoms with Gasteiger partial charge in [0.05, 0.1) is 7.11 Å². The Kier molecular flexibility index (Phi) is 2.30. The fourth-order valence-electron chi connectivity index (χ4n) is 1.84. The summed E-state index contributed by atoms with van der Waals surface area (Å²) in [6, 6.07) is 4.24. The molecule has 70 valence electrons. The summed E-state index contributed by atoms with van der Waals surface area (Å²) in [5, 5.41) is 0. The maximum absolute atomic E-state index is 5.97. The Bertz CT molecular complexity index is 338. The van der Waals surface area contributed by atoms with Crippen LogP contribution in [-0.4, -0.2) is 7.11 Å². The van der Waals surface area contributed by atoms with Crippen molar-refractivity contribution in [3.8, 4) is 5.75 Å². The summed E-state index contributed by atoms with van der Waals surface area (Å²) in [6.07, 6.45) is 2.10. The van der Waals surface area contributed by atoms with E-state index in [4.69, 9.17) is 10.5 Å². The van der Waals surface area contributed by atoms with Gasteiger partial charge in [0, 0.05) is 10.5 Å². The molecule has 1 atom stereocenters. The standard InChI is InChI=1S/C10H12BrNO/c1-13-7-4-6-2-3-9(12)10(6)8(11)5-7/h4-5,9H,2-3,12H2,1H3/t9-/m0/s1. The topological polar surface area (TPSA) is 35.2 Å². The van der Waals surface area contributed by atoms with Gasteiger partial charge in [-0.25, -0.2) is 0 Å². The van der Waals surface area contributed by atoms with Crippen LogP contribution in [0.2, 0.25) is 0 Å². The zero-order chi connectivity index (χ0) is 9.42. The molecule has 0 heterocycles. The summed E-state index contributed by atoms with van der Waals surface area (Å²) < 4.78 is 6.26. The second-order valence-corrected chi connectivity index (χ2v) is 4.18. The van der Waals surface area contributed by atoms with E-state index in [-0.39, 0.29) is 6.04 Å². The number of nitrogens with two attached hydrogens (primary N) is 1. The molecule has 1 aromatic rings. The molecule has 1 aliphatic carbocycles. The van der Waals surface area contributed by atoms with Gasteiger partial charge in [-0.15, -0.1) is 0 Å². The lowest BCUT2D eigenvalue weighted by Gasteiger charge is -2.09. The van der Waals surface area contributed by atoms with Crippen LogP contribution < -0.4 is 10.5 Å². The molecule has 0 saturated heterocycles. The molecule has 0 aromatic heterocycles. The molecular weight excluding hydrogens is 230 g/mol. The van der Waals surface area contributed by atoms with E-state index in [1.165, 1.54) is 11.1 Å². The number of benzene rings is 1. The van der Waals surface area contributed by atoms with E-state index in [2.05, 4.69) is 22.0 Å². The van der Waals surface area contributed by atoms with Crippen molar-refractivity contribution in [1.82, 2.24) is 0 Å². The number of methoxy groups -OCH3 is 1. The monoisotopic (exact) mass is 241 g/mol. The molecule has 0 amide bonds. The maximum Gasteiger partial charge on any atom is 0.120 e. The summed E-state index contributed by atoms with van der Waals surface area (Å²) in [5.41, 5.74) is 8.54. The van der Waals surface area contributed by atoms with Crippen molar-refractivity contribution < 1.29 is 4.74 Å². The van der Waals surface area contributed by atoms with Crippen molar-refractivity contribution in [2.45, 2.75) is 18.9 Å². The zero-order valence-corrected chi connectivity index (χ0v) is 9.10. The third-order valence-electron chi connectivity index (χ3n) is 2.52. The van der Waals surface area contributed by atoms with Crippen molar-refractivity contribution in [3.63, 3.8) is 0 Å². The fourth-order valence-corrected chi connectivity index (χ4v) is 2.62. The Morgan fingerprint density at radius 2 is 2.31 bits per heavy atom. The molecule has 2 N–H and O–H groups in total. The lowest BCUT2D eigenvalue weighted by Crippen LogP contribution is -2.05. The Morgan fingerprint density at radius 1 is 1.54 bits per heavy atom. The van der Waals surface area contributed by atoms with Crippen molar-refractivity contribution in [3.05, 3.63) is 27.7 Å². The number of ether oxygens (including phenoxy) is 1. The summed E-state index contributed by atoms with van der Waals surface area (Å²) in [4.78, 5) is 0. The van der Waals surface area contributed by atoms with Gasteiger partial charge in [-0.2, -0.15) is 0 Å². The van der Waals surface area contributed by atoms with Gasteiger partial charge in [0.1, 0.15) is 5.75 Å². The predicted molar refractivity (Wildman–Crippen MR) is 55.9 cm³/mol. The maximum atomic E-state index is 5.97. The summed E-state index contributed by atoms with van der Waals surface area (Å²) >= 11 is 3.52. The Hall–Kier alpha value is -0.540. The molecule has 0 radical (unpaired) electrons. The van der Waals surface area contributed by atoms with E-state index in [0.717, 1.165) is 23.1 Å². The highest BCUT2D eigenvalue weighted by Crippen LogP contribution is 2.37. The molecular formula is C10H12BrNO. The molecule has 1 aliphatic rings. The third kappa shape index (κ3) is 1.46. The Labute approximate surface area is 86.2 Å². The van der Waals surface area contributed by atoms with Crippen LogP contribution in [0.15, 0.2) is 16.6 Å². The van der Waals surface area contributed by atoms with E-state index in [1.807, 2.05) is 6.07 Å². The minimum Gasteiger partial charge on any atom is -0.497 e. The number of halogens is 1. The minimum atomic E-state index is 0.190. The molecule has 0 aliphatic heterocycles. The van der Waals surface area contributed by atoms with Crippen LogP contribution in [0, 0.1) is 0 Å². The molecule has 2 nitrogen and oxygen atoms in total. The van der Waals surface area contributed by atoms with E-state index >= 15 is 0 Å². The van der Waals surface area contributed by atoms with Crippen molar-refractivity contribution in [2.24, 2.45) is 5.73 Å². The third-order valence-corrected chi connectivity index (χ3v) is 3.18. The van der Waals surface area contributed by atoms with Crippen molar-refractivity contribution in [2.75, 3.05) is 7.11 Å². The number of hydrogen-bond acceptors (Lipinski definition) is 2. The van der Waals surface area contributed by atoms with E-state index in [1.54, 1.807) is 7.11 Å². The van der Waals surface area contributed by atoms with Gasteiger partial charge in [-0.1, -0.05) is 15.9 Å². The van der Waals surface area contributed by atoms with Crippen LogP contribution in [0.5, 0.6) is 5.75 Å². The molecule has 3 heteroatoms. The fraction of sp³-hybridized carbons (Fsp3) is 0.400. The zero-order valence-electron chi connectivity index (χ0n) is 7.51. The van der Waals surface area contributed by atoms with Gasteiger partial charge in [-0.05, 0) is 36.1 Å². The highest BCUT2D eigenvalue weighted by molar-refractivity contribution is 9.10. The normalized spacial score (nSPS) is 20.1. The summed E-state index contributed by atoms with van der Waals surface area (Å²) in [5.74, 6) is 0.903. The van der Waals surface area contributed by atoms with Crippen LogP contribution in [0.1, 0.15) is 23.6 Å². The number of rotatable bonds is 1. The van der Waals surface area contributed by atoms with Gasteiger partial charge < -0.3 is 10.5 Å². The Morgan fingerprint density at radius 3 is 3.00 bits per heavy atom. The largest absolute Gasteiger partial charge is 0.497 e. The van der Waals surface area contributed by atoms with Crippen LogP contribution in [0.25, 0.3) is 0 Å². The lowest BCUT2D eigenvalue weighted by atomic mass is 10.1. The van der Waals surface area contributed by atoms with Gasteiger partial charge in [-0.3, -0.25) is 0 Å². The number of fused-ring (bicyclic) bond motifs is 1.